The number of nitrogens with one attached hydrogen (secondary N) is 2. The molecule has 0 unspecified atom stereocenters. The van der Waals surface area contributed by atoms with Crippen LogP contribution in [-0.4, -0.2) is 47.5 Å². The van der Waals surface area contributed by atoms with E-state index in [1.165, 1.54) is 4.31 Å². The van der Waals surface area contributed by atoms with Gasteiger partial charge in [0.05, 0.1) is 11.4 Å². The summed E-state index contributed by atoms with van der Waals surface area (Å²) in [6.07, 6.45) is 1.08. The fourth-order valence-electron chi connectivity index (χ4n) is 2.88. The Morgan fingerprint density at radius 1 is 1.26 bits per heavy atom. The fraction of sp³-hybridized carbons (Fsp3) is 0.733. The van der Waals surface area contributed by atoms with E-state index >= 15 is 0 Å². The molecule has 0 spiro atoms. The first-order valence-electron chi connectivity index (χ1n) is 7.86. The van der Waals surface area contributed by atoms with Gasteiger partial charge in [-0.3, -0.25) is 9.89 Å². The van der Waals surface area contributed by atoms with Crippen LogP contribution in [0.4, 0.5) is 0 Å². The molecule has 2 heterocycles. The van der Waals surface area contributed by atoms with Gasteiger partial charge in [-0.05, 0) is 47.5 Å². The number of rotatable bonds is 3. The van der Waals surface area contributed by atoms with Crippen molar-refractivity contribution >= 4 is 15.9 Å². The molecule has 1 aromatic rings. The van der Waals surface area contributed by atoms with E-state index in [9.17, 15) is 13.2 Å². The van der Waals surface area contributed by atoms with Crippen LogP contribution in [0, 0.1) is 19.8 Å². The van der Waals surface area contributed by atoms with Gasteiger partial charge in [-0.2, -0.15) is 9.40 Å². The maximum absolute atomic E-state index is 12.8. The Bertz CT molecular complexity index is 661. The fourth-order valence-corrected chi connectivity index (χ4v) is 4.68. The van der Waals surface area contributed by atoms with Gasteiger partial charge < -0.3 is 5.32 Å². The van der Waals surface area contributed by atoms with Gasteiger partial charge >= 0.3 is 0 Å². The van der Waals surface area contributed by atoms with E-state index in [4.69, 9.17) is 0 Å². The molecule has 2 rings (SSSR count). The van der Waals surface area contributed by atoms with Gasteiger partial charge in [0.1, 0.15) is 4.90 Å². The third kappa shape index (κ3) is 3.92. The zero-order valence-corrected chi connectivity index (χ0v) is 15.2. The molecule has 0 bridgehead atoms. The number of carbonyl (C=O) groups is 1. The van der Waals surface area contributed by atoms with Crippen molar-refractivity contribution in [3.63, 3.8) is 0 Å². The lowest BCUT2D eigenvalue weighted by atomic mass is 9.96. The van der Waals surface area contributed by atoms with E-state index in [0.29, 0.717) is 37.3 Å². The lowest BCUT2D eigenvalue weighted by Crippen LogP contribution is -2.47. The van der Waals surface area contributed by atoms with Gasteiger partial charge in [0.25, 0.3) is 0 Å². The van der Waals surface area contributed by atoms with Crippen molar-refractivity contribution in [1.82, 2.24) is 19.8 Å². The van der Waals surface area contributed by atoms with Gasteiger partial charge in [-0.25, -0.2) is 8.42 Å². The van der Waals surface area contributed by atoms with Crippen molar-refractivity contribution in [1.29, 1.82) is 0 Å². The maximum Gasteiger partial charge on any atom is 0.246 e. The molecule has 0 atom stereocenters. The molecule has 23 heavy (non-hydrogen) atoms. The zero-order valence-electron chi connectivity index (χ0n) is 14.4. The molecular formula is C15H26N4O3S. The summed E-state index contributed by atoms with van der Waals surface area (Å²) in [5.74, 6) is -0.127. The minimum atomic E-state index is -3.56. The molecule has 8 heteroatoms. The van der Waals surface area contributed by atoms with E-state index in [1.807, 2.05) is 20.8 Å². The van der Waals surface area contributed by atoms with Crippen LogP contribution in [-0.2, 0) is 14.8 Å². The molecule has 1 aliphatic rings. The highest BCUT2D eigenvalue weighted by Crippen LogP contribution is 2.27. The summed E-state index contributed by atoms with van der Waals surface area (Å²) >= 11 is 0. The Kier molecular flexibility index (Phi) is 4.86. The average Bonchev–Trinajstić information content (AvgIpc) is 2.77. The largest absolute Gasteiger partial charge is 0.351 e. The topological polar surface area (TPSA) is 95.2 Å². The smallest absolute Gasteiger partial charge is 0.246 e. The van der Waals surface area contributed by atoms with Crippen LogP contribution >= 0.6 is 0 Å². The number of aromatic nitrogens is 2. The summed E-state index contributed by atoms with van der Waals surface area (Å²) in [5, 5.41) is 9.65. The van der Waals surface area contributed by atoms with Gasteiger partial charge in [0.2, 0.25) is 15.9 Å². The Labute approximate surface area is 137 Å². The number of carbonyl (C=O) groups excluding carboxylic acids is 1. The van der Waals surface area contributed by atoms with Crippen molar-refractivity contribution in [2.24, 2.45) is 5.92 Å². The third-order valence-electron chi connectivity index (χ3n) is 3.98. The summed E-state index contributed by atoms with van der Waals surface area (Å²) in [7, 11) is -3.56. The van der Waals surface area contributed by atoms with E-state index in [2.05, 4.69) is 15.5 Å². The molecule has 0 radical (unpaired) electrons. The van der Waals surface area contributed by atoms with Gasteiger partial charge in [-0.1, -0.05) is 0 Å². The third-order valence-corrected chi connectivity index (χ3v) is 6.14. The number of amides is 1. The number of sulfonamides is 1. The Balaban J connectivity index is 2.06. The monoisotopic (exact) mass is 342 g/mol. The van der Waals surface area contributed by atoms with Crippen molar-refractivity contribution in [3.05, 3.63) is 11.4 Å². The standard InChI is InChI=1S/C15H26N4O3S/c1-10-13(11(2)18-17-10)23(21,22)19-8-6-12(7-9-19)14(20)16-15(3,4)5/h12H,6-9H2,1-5H3,(H,16,20)(H,17,18). The highest BCUT2D eigenvalue weighted by molar-refractivity contribution is 7.89. The van der Waals surface area contributed by atoms with E-state index in [0.717, 1.165) is 0 Å². The van der Waals surface area contributed by atoms with E-state index < -0.39 is 10.0 Å². The van der Waals surface area contributed by atoms with Gasteiger partial charge in [0.15, 0.2) is 0 Å². The average molecular weight is 342 g/mol. The molecular weight excluding hydrogens is 316 g/mol. The molecule has 2 N–H and O–H groups in total. The lowest BCUT2D eigenvalue weighted by molar-refractivity contribution is -0.127. The Morgan fingerprint density at radius 3 is 2.26 bits per heavy atom. The predicted molar refractivity (Wildman–Crippen MR) is 87.4 cm³/mol. The molecule has 0 saturated carbocycles. The second-order valence-corrected chi connectivity index (χ2v) is 9.06. The second-order valence-electron chi connectivity index (χ2n) is 7.18. The summed E-state index contributed by atoms with van der Waals surface area (Å²) in [5.41, 5.74) is 0.760. The van der Waals surface area contributed by atoms with Crippen molar-refractivity contribution in [2.75, 3.05) is 13.1 Å². The van der Waals surface area contributed by atoms with Crippen LogP contribution in [0.15, 0.2) is 4.90 Å². The SMILES string of the molecule is Cc1n[nH]c(C)c1S(=O)(=O)N1CCC(C(=O)NC(C)(C)C)CC1. The summed E-state index contributed by atoms with van der Waals surface area (Å²) in [6.45, 7) is 9.92. The molecule has 0 aromatic carbocycles. The van der Waals surface area contributed by atoms with Crippen molar-refractivity contribution < 1.29 is 13.2 Å². The molecule has 7 nitrogen and oxygen atoms in total. The van der Waals surface area contributed by atoms with E-state index in [1.54, 1.807) is 13.8 Å². The lowest BCUT2D eigenvalue weighted by Gasteiger charge is -2.32. The van der Waals surface area contributed by atoms with Crippen LogP contribution in [0.2, 0.25) is 0 Å². The number of hydrogen-bond acceptors (Lipinski definition) is 4. The molecule has 0 aliphatic carbocycles. The summed E-state index contributed by atoms with van der Waals surface area (Å²) in [4.78, 5) is 12.5. The maximum atomic E-state index is 12.8. The number of hydrogen-bond donors (Lipinski definition) is 2. The minimum Gasteiger partial charge on any atom is -0.351 e. The highest BCUT2D eigenvalue weighted by atomic mass is 32.2. The first-order chi connectivity index (χ1) is 10.5. The zero-order chi connectivity index (χ0) is 17.4. The van der Waals surface area contributed by atoms with Crippen LogP contribution in [0.3, 0.4) is 0 Å². The highest BCUT2D eigenvalue weighted by Gasteiger charge is 2.35. The first-order valence-corrected chi connectivity index (χ1v) is 9.30. The molecule has 1 saturated heterocycles. The van der Waals surface area contributed by atoms with Crippen molar-refractivity contribution in [2.45, 2.75) is 57.9 Å². The van der Waals surface area contributed by atoms with Crippen LogP contribution in [0.1, 0.15) is 45.0 Å². The summed E-state index contributed by atoms with van der Waals surface area (Å²) in [6, 6.07) is 0. The van der Waals surface area contributed by atoms with Crippen LogP contribution in [0.25, 0.3) is 0 Å². The van der Waals surface area contributed by atoms with E-state index in [-0.39, 0.29) is 22.3 Å². The van der Waals surface area contributed by atoms with Crippen molar-refractivity contribution in [3.8, 4) is 0 Å². The molecule has 1 aliphatic heterocycles. The molecule has 130 valence electrons. The number of nitrogens with zero attached hydrogens (tertiary/aromatic N) is 2. The number of piperidine rings is 1. The van der Waals surface area contributed by atoms with Gasteiger partial charge in [0, 0.05) is 24.5 Å². The molecule has 1 amide bonds. The van der Waals surface area contributed by atoms with Crippen LogP contribution < -0.4 is 5.32 Å². The first kappa shape index (κ1) is 17.9. The normalized spacial score (nSPS) is 18.1. The van der Waals surface area contributed by atoms with Crippen LogP contribution in [0.5, 0.6) is 0 Å². The number of H-pyrrole nitrogens is 1. The molecule has 1 fully saturated rings. The number of aryl methyl sites for hydroxylation is 2. The van der Waals surface area contributed by atoms with Gasteiger partial charge in [-0.15, -0.1) is 0 Å². The Morgan fingerprint density at radius 2 is 1.83 bits per heavy atom. The number of aromatic amines is 1. The Hall–Kier alpha value is -1.41. The second kappa shape index (κ2) is 6.24. The predicted octanol–water partition coefficient (Wildman–Crippen LogP) is 1.34. The minimum absolute atomic E-state index is 0.00483. The molecule has 1 aromatic heterocycles. The quantitative estimate of drug-likeness (QED) is 0.866. The summed E-state index contributed by atoms with van der Waals surface area (Å²) < 4.78 is 27.0.